The molecule has 0 bridgehead atoms. The maximum Gasteiger partial charge on any atom is 0.139 e. The van der Waals surface area contributed by atoms with E-state index in [1.54, 1.807) is 4.68 Å². The second kappa shape index (κ2) is 7.57. The second-order valence-corrected chi connectivity index (χ2v) is 12.5. The Morgan fingerprint density at radius 3 is 2.57 bits per heavy atom. The van der Waals surface area contributed by atoms with Gasteiger partial charge in [-0.15, -0.1) is 0 Å². The Hall–Kier alpha value is -1.92. The van der Waals surface area contributed by atoms with Crippen molar-refractivity contribution in [2.45, 2.75) is 39.3 Å². The van der Waals surface area contributed by atoms with Crippen LogP contribution in [-0.4, -0.2) is 35.4 Å². The van der Waals surface area contributed by atoms with E-state index in [0.29, 0.717) is 18.1 Å². The highest BCUT2D eigenvalue weighted by Crippen LogP contribution is 2.14. The summed E-state index contributed by atoms with van der Waals surface area (Å²) in [7, 11) is -1.08. The Balaban J connectivity index is 2.06. The molecule has 2 rings (SSSR count). The molecule has 0 saturated heterocycles. The van der Waals surface area contributed by atoms with Crippen molar-refractivity contribution in [1.29, 1.82) is 0 Å². The van der Waals surface area contributed by atoms with E-state index in [2.05, 4.69) is 29.9 Å². The zero-order chi connectivity index (χ0) is 16.9. The van der Waals surface area contributed by atoms with Crippen LogP contribution in [0, 0.1) is 6.92 Å². The first-order chi connectivity index (χ1) is 10.9. The van der Waals surface area contributed by atoms with Crippen molar-refractivity contribution in [3.63, 3.8) is 0 Å². The second-order valence-electron chi connectivity index (χ2n) is 6.86. The first kappa shape index (κ1) is 17.4. The monoisotopic (exact) mass is 331 g/mol. The lowest BCUT2D eigenvalue weighted by Gasteiger charge is -2.15. The molecule has 0 aliphatic rings. The zero-order valence-electron chi connectivity index (χ0n) is 14.3. The lowest BCUT2D eigenvalue weighted by atomic mass is 10.1. The van der Waals surface area contributed by atoms with Crippen molar-refractivity contribution >= 4 is 13.8 Å². The van der Waals surface area contributed by atoms with E-state index in [1.807, 2.05) is 43.5 Å². The van der Waals surface area contributed by atoms with E-state index in [0.717, 1.165) is 23.8 Å². The van der Waals surface area contributed by atoms with Gasteiger partial charge in [-0.05, 0) is 18.5 Å². The number of rotatable bonds is 7. The van der Waals surface area contributed by atoms with Gasteiger partial charge in [0.15, 0.2) is 0 Å². The number of ether oxygens (including phenoxy) is 1. The van der Waals surface area contributed by atoms with Crippen molar-refractivity contribution < 1.29 is 9.94 Å². The minimum absolute atomic E-state index is 0.415. The van der Waals surface area contributed by atoms with Gasteiger partial charge in [0.2, 0.25) is 0 Å². The fourth-order valence-electron chi connectivity index (χ4n) is 2.20. The molecular formula is C17H25N3O2Si. The van der Waals surface area contributed by atoms with Crippen LogP contribution in [-0.2, 0) is 11.5 Å². The summed E-state index contributed by atoms with van der Waals surface area (Å²) in [6, 6.07) is 10.7. The standard InChI is InChI=1S/C17H25N3O2Si/c1-14-12-20(13-22-10-11-23(2,3)4)18-16(14)17(19-21)15-8-6-5-7-9-15/h5-9,12,21H,10-11,13H2,1-4H3. The predicted octanol–water partition coefficient (Wildman–Crippen LogP) is 3.73. The Kier molecular flexibility index (Phi) is 5.73. The van der Waals surface area contributed by atoms with Crippen molar-refractivity contribution in [2.24, 2.45) is 5.16 Å². The molecule has 23 heavy (non-hydrogen) atoms. The third-order valence-electron chi connectivity index (χ3n) is 3.54. The van der Waals surface area contributed by atoms with Gasteiger partial charge in [-0.2, -0.15) is 5.10 Å². The first-order valence-corrected chi connectivity index (χ1v) is 11.5. The van der Waals surface area contributed by atoms with Crippen LogP contribution in [0.1, 0.15) is 16.8 Å². The minimum Gasteiger partial charge on any atom is -0.410 e. The van der Waals surface area contributed by atoms with E-state index in [9.17, 15) is 5.21 Å². The molecule has 6 heteroatoms. The van der Waals surface area contributed by atoms with Crippen LogP contribution in [0.3, 0.4) is 0 Å². The molecule has 0 aliphatic carbocycles. The topological polar surface area (TPSA) is 59.6 Å². The lowest BCUT2D eigenvalue weighted by Crippen LogP contribution is -2.22. The van der Waals surface area contributed by atoms with Crippen LogP contribution >= 0.6 is 0 Å². The Labute approximate surface area is 138 Å². The van der Waals surface area contributed by atoms with Gasteiger partial charge in [0.25, 0.3) is 0 Å². The summed E-state index contributed by atoms with van der Waals surface area (Å²) in [5.74, 6) is 0. The minimum atomic E-state index is -1.08. The Morgan fingerprint density at radius 1 is 1.26 bits per heavy atom. The van der Waals surface area contributed by atoms with Gasteiger partial charge in [0.1, 0.15) is 18.1 Å². The third-order valence-corrected chi connectivity index (χ3v) is 5.24. The van der Waals surface area contributed by atoms with Crippen molar-refractivity contribution in [1.82, 2.24) is 9.78 Å². The maximum absolute atomic E-state index is 9.38. The normalized spacial score (nSPS) is 12.6. The summed E-state index contributed by atoms with van der Waals surface area (Å²) in [4.78, 5) is 0. The molecule has 2 aromatic rings. The highest BCUT2D eigenvalue weighted by atomic mass is 28.3. The molecule has 0 amide bonds. The van der Waals surface area contributed by atoms with Gasteiger partial charge in [-0.25, -0.2) is 4.68 Å². The molecule has 0 unspecified atom stereocenters. The van der Waals surface area contributed by atoms with Crippen LogP contribution in [0.4, 0.5) is 0 Å². The van der Waals surface area contributed by atoms with Crippen molar-refractivity contribution in [3.8, 4) is 0 Å². The smallest absolute Gasteiger partial charge is 0.139 e. The maximum atomic E-state index is 9.38. The molecule has 5 nitrogen and oxygen atoms in total. The molecule has 1 N–H and O–H groups in total. The van der Waals surface area contributed by atoms with Gasteiger partial charge in [-0.1, -0.05) is 55.1 Å². The van der Waals surface area contributed by atoms with Crippen LogP contribution < -0.4 is 0 Å². The van der Waals surface area contributed by atoms with Crippen molar-refractivity contribution in [2.75, 3.05) is 6.61 Å². The van der Waals surface area contributed by atoms with Gasteiger partial charge in [0.05, 0.1) is 0 Å². The largest absolute Gasteiger partial charge is 0.410 e. The van der Waals surface area contributed by atoms with E-state index in [4.69, 9.17) is 4.74 Å². The van der Waals surface area contributed by atoms with Crippen LogP contribution in [0.25, 0.3) is 0 Å². The Bertz CT molecular complexity index is 660. The summed E-state index contributed by atoms with van der Waals surface area (Å²) >= 11 is 0. The van der Waals surface area contributed by atoms with Gasteiger partial charge in [0, 0.05) is 26.4 Å². The van der Waals surface area contributed by atoms with E-state index < -0.39 is 8.07 Å². The SMILES string of the molecule is Cc1cn(COCC[Si](C)(C)C)nc1C(=NO)c1ccccc1. The number of nitrogens with zero attached hydrogens (tertiary/aromatic N) is 3. The zero-order valence-corrected chi connectivity index (χ0v) is 15.3. The molecule has 1 aromatic heterocycles. The number of oxime groups is 1. The van der Waals surface area contributed by atoms with Crippen LogP contribution in [0.5, 0.6) is 0 Å². The van der Waals surface area contributed by atoms with E-state index >= 15 is 0 Å². The number of benzene rings is 1. The van der Waals surface area contributed by atoms with Gasteiger partial charge < -0.3 is 9.94 Å². The Morgan fingerprint density at radius 2 is 1.96 bits per heavy atom. The summed E-state index contributed by atoms with van der Waals surface area (Å²) in [5, 5.41) is 17.3. The highest BCUT2D eigenvalue weighted by molar-refractivity contribution is 6.76. The average molecular weight is 331 g/mol. The molecular weight excluding hydrogens is 306 g/mol. The van der Waals surface area contributed by atoms with Gasteiger partial charge in [-0.3, -0.25) is 0 Å². The molecule has 0 saturated carbocycles. The molecule has 0 fully saturated rings. The predicted molar refractivity (Wildman–Crippen MR) is 94.9 cm³/mol. The summed E-state index contributed by atoms with van der Waals surface area (Å²) in [6.45, 7) is 10.1. The number of aromatic nitrogens is 2. The van der Waals surface area contributed by atoms with Crippen molar-refractivity contribution in [3.05, 3.63) is 53.3 Å². The average Bonchev–Trinajstić information content (AvgIpc) is 2.86. The van der Waals surface area contributed by atoms with E-state index in [-0.39, 0.29) is 0 Å². The third kappa shape index (κ3) is 5.04. The molecule has 0 radical (unpaired) electrons. The lowest BCUT2D eigenvalue weighted by molar-refractivity contribution is 0.0785. The van der Waals surface area contributed by atoms with E-state index in [1.165, 1.54) is 0 Å². The summed E-state index contributed by atoms with van der Waals surface area (Å²) in [6.07, 6.45) is 1.91. The molecule has 0 atom stereocenters. The number of hydrogen-bond donors (Lipinski definition) is 1. The quantitative estimate of drug-likeness (QED) is 0.276. The molecule has 124 valence electrons. The molecule has 0 aliphatic heterocycles. The molecule has 1 aromatic carbocycles. The highest BCUT2D eigenvalue weighted by Gasteiger charge is 2.15. The fraction of sp³-hybridized carbons (Fsp3) is 0.412. The number of hydrogen-bond acceptors (Lipinski definition) is 4. The number of aryl methyl sites for hydroxylation is 1. The van der Waals surface area contributed by atoms with Crippen LogP contribution in [0.15, 0.2) is 41.7 Å². The van der Waals surface area contributed by atoms with Gasteiger partial charge >= 0.3 is 0 Å². The van der Waals surface area contributed by atoms with Crippen LogP contribution in [0.2, 0.25) is 25.7 Å². The summed E-state index contributed by atoms with van der Waals surface area (Å²) < 4.78 is 7.47. The fourth-order valence-corrected chi connectivity index (χ4v) is 2.95. The first-order valence-electron chi connectivity index (χ1n) is 7.80. The summed E-state index contributed by atoms with van der Waals surface area (Å²) in [5.41, 5.74) is 2.94. The molecule has 1 heterocycles. The molecule has 0 spiro atoms.